The van der Waals surface area contributed by atoms with Crippen molar-refractivity contribution in [2.24, 2.45) is 0 Å². The molecule has 37 heavy (non-hydrogen) atoms. The summed E-state index contributed by atoms with van der Waals surface area (Å²) in [6.45, 7) is 1.81. The molecule has 9 heteroatoms. The van der Waals surface area contributed by atoms with Crippen molar-refractivity contribution >= 4 is 44.7 Å². The average molecular weight is 570 g/mol. The topological polar surface area (TPSA) is 104 Å². The van der Waals surface area contributed by atoms with E-state index in [-0.39, 0.29) is 24.2 Å². The van der Waals surface area contributed by atoms with E-state index in [0.717, 1.165) is 39.5 Å². The van der Waals surface area contributed by atoms with Crippen LogP contribution in [0.25, 0.3) is 10.9 Å². The van der Waals surface area contributed by atoms with Crippen LogP contribution in [0.4, 0.5) is 4.79 Å². The Kier molecular flexibility index (Phi) is 8.87. The molecule has 0 bridgehead atoms. The summed E-state index contributed by atoms with van der Waals surface area (Å²) in [5, 5.41) is 15.7. The predicted molar refractivity (Wildman–Crippen MR) is 147 cm³/mol. The van der Waals surface area contributed by atoms with E-state index < -0.39 is 12.1 Å². The van der Waals surface area contributed by atoms with Crippen molar-refractivity contribution in [2.45, 2.75) is 50.6 Å². The molecule has 4 rings (SSSR count). The van der Waals surface area contributed by atoms with E-state index in [9.17, 15) is 19.5 Å². The molecule has 0 radical (unpaired) electrons. The van der Waals surface area contributed by atoms with Crippen LogP contribution in [0.2, 0.25) is 0 Å². The molecule has 0 saturated carbocycles. The Morgan fingerprint density at radius 3 is 2.62 bits per heavy atom. The van der Waals surface area contributed by atoms with Crippen molar-refractivity contribution in [1.29, 1.82) is 0 Å². The van der Waals surface area contributed by atoms with Gasteiger partial charge in [0.2, 0.25) is 11.8 Å². The van der Waals surface area contributed by atoms with Crippen LogP contribution in [0.1, 0.15) is 42.9 Å². The van der Waals surface area contributed by atoms with Crippen LogP contribution in [0.5, 0.6) is 0 Å². The largest absolute Gasteiger partial charge is 0.465 e. The summed E-state index contributed by atoms with van der Waals surface area (Å²) in [4.78, 5) is 38.6. The van der Waals surface area contributed by atoms with Gasteiger partial charge in [0, 0.05) is 67.2 Å². The molecule has 1 aliphatic rings. The Bertz CT molecular complexity index is 1260. The molecule has 0 spiro atoms. The summed E-state index contributed by atoms with van der Waals surface area (Å²) in [7, 11) is 1.64. The molecule has 1 fully saturated rings. The van der Waals surface area contributed by atoms with Gasteiger partial charge < -0.3 is 25.2 Å². The molecule has 3 aromatic rings. The number of rotatable bonds is 9. The van der Waals surface area contributed by atoms with Crippen molar-refractivity contribution in [2.75, 3.05) is 20.1 Å². The number of aryl methyl sites for hydroxylation is 1. The number of para-hydroxylation sites is 1. The molecule has 0 unspecified atom stereocenters. The Balaban J connectivity index is 1.49. The van der Waals surface area contributed by atoms with E-state index in [2.05, 4.69) is 49.3 Å². The fourth-order valence-corrected chi connectivity index (χ4v) is 5.46. The zero-order valence-corrected chi connectivity index (χ0v) is 22.5. The first kappa shape index (κ1) is 26.7. The van der Waals surface area contributed by atoms with Crippen LogP contribution in [-0.2, 0) is 22.6 Å². The second-order valence-electron chi connectivity index (χ2n) is 9.56. The lowest BCUT2D eigenvalue weighted by molar-refractivity contribution is -0.132. The summed E-state index contributed by atoms with van der Waals surface area (Å²) in [5.41, 5.74) is 3.19. The summed E-state index contributed by atoms with van der Waals surface area (Å²) >= 11 is 3.41. The maximum Gasteiger partial charge on any atom is 0.404 e. The SMILES string of the molecule is CNC(=O)CCn1c([C@@H]2CCCN(C(=O)C[C@@H](Cc3ccc(Br)cc3)NC(=O)O)C2)cc2ccccc21. The van der Waals surface area contributed by atoms with Gasteiger partial charge in [-0.05, 0) is 54.5 Å². The number of halogens is 1. The second kappa shape index (κ2) is 12.3. The number of piperidine rings is 1. The Morgan fingerprint density at radius 1 is 1.14 bits per heavy atom. The number of aromatic nitrogens is 1. The first-order valence-corrected chi connectivity index (χ1v) is 13.4. The number of amides is 3. The van der Waals surface area contributed by atoms with E-state index in [1.54, 1.807) is 7.05 Å². The van der Waals surface area contributed by atoms with Gasteiger partial charge in [-0.1, -0.05) is 46.3 Å². The minimum atomic E-state index is -1.13. The van der Waals surface area contributed by atoms with Gasteiger partial charge in [-0.3, -0.25) is 9.59 Å². The highest BCUT2D eigenvalue weighted by Crippen LogP contribution is 2.32. The minimum Gasteiger partial charge on any atom is -0.465 e. The van der Waals surface area contributed by atoms with Gasteiger partial charge in [0.15, 0.2) is 0 Å². The molecule has 2 heterocycles. The molecule has 3 N–H and O–H groups in total. The van der Waals surface area contributed by atoms with E-state index in [0.29, 0.717) is 32.5 Å². The number of carboxylic acid groups (broad SMARTS) is 1. The van der Waals surface area contributed by atoms with Gasteiger partial charge in [-0.15, -0.1) is 0 Å². The molecule has 3 amide bonds. The summed E-state index contributed by atoms with van der Waals surface area (Å²) in [6.07, 6.45) is 1.63. The maximum absolute atomic E-state index is 13.3. The third-order valence-electron chi connectivity index (χ3n) is 7.02. The van der Waals surface area contributed by atoms with Crippen molar-refractivity contribution in [3.8, 4) is 0 Å². The Hall–Kier alpha value is -3.33. The monoisotopic (exact) mass is 568 g/mol. The van der Waals surface area contributed by atoms with E-state index in [1.807, 2.05) is 41.3 Å². The Labute approximate surface area is 225 Å². The predicted octanol–water partition coefficient (Wildman–Crippen LogP) is 4.51. The van der Waals surface area contributed by atoms with Gasteiger partial charge in [0.1, 0.15) is 0 Å². The fraction of sp³-hybridized carbons (Fsp3) is 0.393. The average Bonchev–Trinajstić information content (AvgIpc) is 3.27. The summed E-state index contributed by atoms with van der Waals surface area (Å²) < 4.78 is 3.16. The minimum absolute atomic E-state index is 0.00748. The molecule has 1 aliphatic heterocycles. The number of hydrogen-bond donors (Lipinski definition) is 3. The molecule has 1 aromatic heterocycles. The fourth-order valence-electron chi connectivity index (χ4n) is 5.20. The zero-order chi connectivity index (χ0) is 26.4. The summed E-state index contributed by atoms with van der Waals surface area (Å²) in [6, 6.07) is 17.5. The third kappa shape index (κ3) is 6.91. The van der Waals surface area contributed by atoms with Crippen LogP contribution in [0.3, 0.4) is 0 Å². The number of nitrogens with one attached hydrogen (secondary N) is 2. The lowest BCUT2D eigenvalue weighted by Crippen LogP contribution is -2.44. The number of benzene rings is 2. The number of carbonyl (C=O) groups excluding carboxylic acids is 2. The quantitative estimate of drug-likeness (QED) is 0.353. The first-order valence-electron chi connectivity index (χ1n) is 12.6. The van der Waals surface area contributed by atoms with Gasteiger partial charge in [-0.2, -0.15) is 0 Å². The lowest BCUT2D eigenvalue weighted by atomic mass is 9.93. The van der Waals surface area contributed by atoms with Crippen LogP contribution in [0.15, 0.2) is 59.1 Å². The van der Waals surface area contributed by atoms with Crippen molar-refractivity contribution in [3.63, 3.8) is 0 Å². The van der Waals surface area contributed by atoms with Crippen LogP contribution >= 0.6 is 15.9 Å². The van der Waals surface area contributed by atoms with E-state index >= 15 is 0 Å². The van der Waals surface area contributed by atoms with Gasteiger partial charge in [-0.25, -0.2) is 4.79 Å². The van der Waals surface area contributed by atoms with Gasteiger partial charge in [0.25, 0.3) is 0 Å². The van der Waals surface area contributed by atoms with Gasteiger partial charge in [0.05, 0.1) is 0 Å². The highest BCUT2D eigenvalue weighted by Gasteiger charge is 2.29. The molecule has 8 nitrogen and oxygen atoms in total. The molecule has 2 aromatic carbocycles. The van der Waals surface area contributed by atoms with E-state index in [1.165, 1.54) is 0 Å². The number of hydrogen-bond acceptors (Lipinski definition) is 3. The normalized spacial score (nSPS) is 16.4. The number of carbonyl (C=O) groups is 3. The van der Waals surface area contributed by atoms with Crippen LogP contribution in [-0.4, -0.2) is 58.7 Å². The van der Waals surface area contributed by atoms with Crippen molar-refractivity contribution in [3.05, 3.63) is 70.3 Å². The summed E-state index contributed by atoms with van der Waals surface area (Å²) in [5.74, 6) is 0.0904. The molecule has 1 saturated heterocycles. The van der Waals surface area contributed by atoms with Crippen molar-refractivity contribution < 1.29 is 19.5 Å². The van der Waals surface area contributed by atoms with Crippen LogP contribution in [0, 0.1) is 0 Å². The van der Waals surface area contributed by atoms with Gasteiger partial charge >= 0.3 is 6.09 Å². The smallest absolute Gasteiger partial charge is 0.404 e. The Morgan fingerprint density at radius 2 is 1.89 bits per heavy atom. The molecule has 196 valence electrons. The molecule has 0 aliphatic carbocycles. The number of fused-ring (bicyclic) bond motifs is 1. The van der Waals surface area contributed by atoms with E-state index in [4.69, 9.17) is 0 Å². The maximum atomic E-state index is 13.3. The lowest BCUT2D eigenvalue weighted by Gasteiger charge is -2.34. The third-order valence-corrected chi connectivity index (χ3v) is 7.55. The molecular formula is C28H33BrN4O4. The number of nitrogens with zero attached hydrogens (tertiary/aromatic N) is 2. The second-order valence-corrected chi connectivity index (χ2v) is 10.5. The van der Waals surface area contributed by atoms with Crippen LogP contribution < -0.4 is 10.6 Å². The zero-order valence-electron chi connectivity index (χ0n) is 21.0. The molecule has 2 atom stereocenters. The molecular weight excluding hydrogens is 536 g/mol. The highest BCUT2D eigenvalue weighted by molar-refractivity contribution is 9.10. The standard InChI is InChI=1S/C28H33BrN4O4/c1-30-26(34)12-14-33-24-7-3-2-5-20(24)16-25(33)21-6-4-13-32(18-21)27(35)17-23(31-28(36)37)15-19-8-10-22(29)11-9-19/h2-3,5,7-11,16,21,23,31H,4,6,12-15,17-18H2,1H3,(H,30,34)(H,36,37)/t21-,23-/m1/s1. The highest BCUT2D eigenvalue weighted by atomic mass is 79.9. The number of likely N-dealkylation sites (tertiary alicyclic amines) is 1. The first-order chi connectivity index (χ1) is 17.8. The van der Waals surface area contributed by atoms with Crippen molar-refractivity contribution in [1.82, 2.24) is 20.1 Å².